The SMILES string of the molecule is Cc1cc(C(F)(F)F)ccc1NC(=O)C1CC12CCN(C(=O)CC1CCOCC1)CC2. The molecule has 1 aromatic carbocycles. The third-order valence-corrected chi connectivity index (χ3v) is 7.23. The third-order valence-electron chi connectivity index (χ3n) is 7.23. The van der Waals surface area contributed by atoms with Gasteiger partial charge in [0.2, 0.25) is 11.8 Å². The molecule has 31 heavy (non-hydrogen) atoms. The smallest absolute Gasteiger partial charge is 0.381 e. The van der Waals surface area contributed by atoms with Gasteiger partial charge in [-0.2, -0.15) is 13.2 Å². The molecule has 1 aromatic rings. The first-order valence-corrected chi connectivity index (χ1v) is 11.0. The van der Waals surface area contributed by atoms with E-state index in [0.717, 1.165) is 57.5 Å². The highest BCUT2D eigenvalue weighted by Crippen LogP contribution is 2.59. The summed E-state index contributed by atoms with van der Waals surface area (Å²) in [4.78, 5) is 27.3. The summed E-state index contributed by atoms with van der Waals surface area (Å²) in [5.41, 5.74) is 0.0264. The predicted octanol–water partition coefficient (Wildman–Crippen LogP) is 4.40. The van der Waals surface area contributed by atoms with Crippen LogP contribution in [0.15, 0.2) is 18.2 Å². The standard InChI is InChI=1S/C23H29F3N2O3/c1-15-12-17(23(24,25)26)2-3-19(15)27-21(30)18-14-22(18)6-8-28(9-7-22)20(29)13-16-4-10-31-11-5-16/h2-3,12,16,18H,4-11,13-14H2,1H3,(H,27,30). The highest BCUT2D eigenvalue weighted by atomic mass is 19.4. The molecule has 1 unspecified atom stereocenters. The van der Waals surface area contributed by atoms with Crippen molar-refractivity contribution >= 4 is 17.5 Å². The number of ether oxygens (including phenoxy) is 1. The van der Waals surface area contributed by atoms with Gasteiger partial charge in [-0.15, -0.1) is 0 Å². The zero-order valence-corrected chi connectivity index (χ0v) is 17.8. The summed E-state index contributed by atoms with van der Waals surface area (Å²) in [6, 6.07) is 3.37. The normalized spacial score (nSPS) is 23.6. The zero-order valence-electron chi connectivity index (χ0n) is 17.8. The van der Waals surface area contributed by atoms with E-state index in [0.29, 0.717) is 36.7 Å². The van der Waals surface area contributed by atoms with Crippen LogP contribution >= 0.6 is 0 Å². The number of rotatable bonds is 4. The number of anilines is 1. The average molecular weight is 438 g/mol. The van der Waals surface area contributed by atoms with E-state index in [1.165, 1.54) is 6.07 Å². The second-order valence-electron chi connectivity index (χ2n) is 9.28. The minimum Gasteiger partial charge on any atom is -0.381 e. The van der Waals surface area contributed by atoms with Crippen LogP contribution in [-0.4, -0.2) is 43.0 Å². The van der Waals surface area contributed by atoms with E-state index < -0.39 is 11.7 Å². The molecule has 4 rings (SSSR count). The fourth-order valence-electron chi connectivity index (χ4n) is 5.00. The first kappa shape index (κ1) is 22.1. The number of hydrogen-bond donors (Lipinski definition) is 1. The molecule has 5 nitrogen and oxygen atoms in total. The number of halogens is 3. The van der Waals surface area contributed by atoms with Crippen molar-refractivity contribution in [3.05, 3.63) is 29.3 Å². The number of carbonyl (C=O) groups is 2. The van der Waals surface area contributed by atoms with Gasteiger partial charge < -0.3 is 15.0 Å². The van der Waals surface area contributed by atoms with E-state index in [1.807, 2.05) is 4.90 Å². The maximum Gasteiger partial charge on any atom is 0.416 e. The Morgan fingerprint density at radius 1 is 1.19 bits per heavy atom. The lowest BCUT2D eigenvalue weighted by Gasteiger charge is -2.34. The van der Waals surface area contributed by atoms with E-state index in [4.69, 9.17) is 4.74 Å². The van der Waals surface area contributed by atoms with Gasteiger partial charge in [0.25, 0.3) is 0 Å². The Morgan fingerprint density at radius 3 is 2.48 bits per heavy atom. The Labute approximate surface area is 180 Å². The molecule has 1 aliphatic carbocycles. The molecule has 2 aliphatic heterocycles. The number of amides is 2. The predicted molar refractivity (Wildman–Crippen MR) is 109 cm³/mol. The number of nitrogens with zero attached hydrogens (tertiary/aromatic N) is 1. The molecule has 1 saturated carbocycles. The van der Waals surface area contributed by atoms with Gasteiger partial charge in [-0.25, -0.2) is 0 Å². The fraction of sp³-hybridized carbons (Fsp3) is 0.652. The number of hydrogen-bond acceptors (Lipinski definition) is 3. The lowest BCUT2D eigenvalue weighted by atomic mass is 9.89. The number of alkyl halides is 3. The summed E-state index contributed by atoms with van der Waals surface area (Å²) in [5.74, 6) is 0.333. The molecule has 0 aromatic heterocycles. The summed E-state index contributed by atoms with van der Waals surface area (Å²) >= 11 is 0. The number of carbonyl (C=O) groups excluding carboxylic acids is 2. The molecule has 3 fully saturated rings. The van der Waals surface area contributed by atoms with E-state index in [2.05, 4.69) is 5.32 Å². The molecular formula is C23H29F3N2O3. The Kier molecular flexibility index (Phi) is 6.03. The van der Waals surface area contributed by atoms with E-state index >= 15 is 0 Å². The van der Waals surface area contributed by atoms with Crippen LogP contribution in [0.25, 0.3) is 0 Å². The molecule has 1 atom stereocenters. The maximum atomic E-state index is 12.8. The second-order valence-corrected chi connectivity index (χ2v) is 9.28. The van der Waals surface area contributed by atoms with Crippen LogP contribution in [0.2, 0.25) is 0 Å². The largest absolute Gasteiger partial charge is 0.416 e. The van der Waals surface area contributed by atoms with Gasteiger partial charge in [0.05, 0.1) is 5.56 Å². The first-order chi connectivity index (χ1) is 14.7. The van der Waals surface area contributed by atoms with Crippen molar-refractivity contribution in [2.24, 2.45) is 17.3 Å². The minimum atomic E-state index is -4.40. The monoisotopic (exact) mass is 438 g/mol. The summed E-state index contributed by atoms with van der Waals surface area (Å²) in [6.07, 6.45) is 0.440. The second kappa shape index (κ2) is 8.45. The van der Waals surface area contributed by atoms with Crippen LogP contribution in [0.4, 0.5) is 18.9 Å². The minimum absolute atomic E-state index is 0.0701. The van der Waals surface area contributed by atoms with E-state index in [9.17, 15) is 22.8 Å². The van der Waals surface area contributed by atoms with Crippen LogP contribution in [0, 0.1) is 24.2 Å². The first-order valence-electron chi connectivity index (χ1n) is 11.0. The zero-order chi connectivity index (χ0) is 22.2. The van der Waals surface area contributed by atoms with Crippen LogP contribution in [-0.2, 0) is 20.5 Å². The number of benzene rings is 1. The molecule has 0 bridgehead atoms. The number of piperidine rings is 1. The van der Waals surface area contributed by atoms with Gasteiger partial charge in [-0.1, -0.05) is 0 Å². The van der Waals surface area contributed by atoms with Crippen molar-refractivity contribution in [2.45, 2.75) is 51.6 Å². The molecular weight excluding hydrogens is 409 g/mol. The van der Waals surface area contributed by atoms with Gasteiger partial charge >= 0.3 is 6.18 Å². The van der Waals surface area contributed by atoms with Gasteiger partial charge in [-0.05, 0) is 74.1 Å². The van der Waals surface area contributed by atoms with Crippen LogP contribution < -0.4 is 5.32 Å². The molecule has 8 heteroatoms. The highest BCUT2D eigenvalue weighted by Gasteiger charge is 2.58. The molecule has 2 amide bonds. The van der Waals surface area contributed by atoms with Gasteiger partial charge in [0.15, 0.2) is 0 Å². The summed E-state index contributed by atoms with van der Waals surface area (Å²) in [7, 11) is 0. The number of nitrogens with one attached hydrogen (secondary N) is 1. The summed E-state index contributed by atoms with van der Waals surface area (Å²) < 4.78 is 43.9. The van der Waals surface area contributed by atoms with Gasteiger partial charge in [0, 0.05) is 44.3 Å². The van der Waals surface area contributed by atoms with Crippen molar-refractivity contribution in [2.75, 3.05) is 31.6 Å². The van der Waals surface area contributed by atoms with Gasteiger partial charge in [0.1, 0.15) is 0 Å². The molecule has 0 radical (unpaired) electrons. The topological polar surface area (TPSA) is 58.6 Å². The van der Waals surface area contributed by atoms with Crippen LogP contribution in [0.5, 0.6) is 0 Å². The lowest BCUT2D eigenvalue weighted by Crippen LogP contribution is -2.41. The molecule has 1 N–H and O–H groups in total. The van der Waals surface area contributed by atoms with Crippen LogP contribution in [0.3, 0.4) is 0 Å². The third kappa shape index (κ3) is 4.89. The summed E-state index contributed by atoms with van der Waals surface area (Å²) in [5, 5.41) is 2.81. The van der Waals surface area contributed by atoms with Crippen molar-refractivity contribution < 1.29 is 27.5 Å². The molecule has 3 aliphatic rings. The molecule has 2 heterocycles. The quantitative estimate of drug-likeness (QED) is 0.758. The maximum absolute atomic E-state index is 12.8. The molecule has 1 spiro atoms. The lowest BCUT2D eigenvalue weighted by molar-refractivity contribution is -0.137. The average Bonchev–Trinajstić information content (AvgIpc) is 3.43. The van der Waals surface area contributed by atoms with Crippen molar-refractivity contribution in [3.8, 4) is 0 Å². The fourth-order valence-corrected chi connectivity index (χ4v) is 5.00. The number of likely N-dealkylation sites (tertiary alicyclic amines) is 1. The molecule has 170 valence electrons. The Morgan fingerprint density at radius 2 is 1.87 bits per heavy atom. The van der Waals surface area contributed by atoms with Gasteiger partial charge in [-0.3, -0.25) is 9.59 Å². The summed E-state index contributed by atoms with van der Waals surface area (Å²) in [6.45, 7) is 4.37. The Bertz CT molecular complexity index is 841. The Hall–Kier alpha value is -2.09. The van der Waals surface area contributed by atoms with Crippen LogP contribution in [0.1, 0.15) is 49.7 Å². The molecule has 2 saturated heterocycles. The highest BCUT2D eigenvalue weighted by molar-refractivity contribution is 5.95. The van der Waals surface area contributed by atoms with Crippen molar-refractivity contribution in [3.63, 3.8) is 0 Å². The number of aryl methyl sites for hydroxylation is 1. The van der Waals surface area contributed by atoms with E-state index in [1.54, 1.807) is 6.92 Å². The van der Waals surface area contributed by atoms with E-state index in [-0.39, 0.29) is 23.1 Å². The van der Waals surface area contributed by atoms with Crippen molar-refractivity contribution in [1.82, 2.24) is 4.90 Å². The Balaban J connectivity index is 1.28. The van der Waals surface area contributed by atoms with Crippen molar-refractivity contribution in [1.29, 1.82) is 0 Å².